The van der Waals surface area contributed by atoms with Crippen LogP contribution in [-0.4, -0.2) is 40.6 Å². The fourth-order valence-electron chi connectivity index (χ4n) is 10.9. The second-order valence-electron chi connectivity index (χ2n) is 14.8. The fourth-order valence-corrected chi connectivity index (χ4v) is 12.5. The molecule has 1 aromatic rings. The number of pyridine rings is 1. The molecule has 2 N–H and O–H groups in total. The minimum absolute atomic E-state index is 0.186. The largest absolute Gasteiger partial charge is 0.475 e. The lowest BCUT2D eigenvalue weighted by atomic mass is 9.41. The highest BCUT2D eigenvalue weighted by Gasteiger charge is 2.64. The van der Waals surface area contributed by atoms with Crippen molar-refractivity contribution in [2.24, 2.45) is 52.3 Å². The van der Waals surface area contributed by atoms with Gasteiger partial charge in [0.15, 0.2) is 0 Å². The van der Waals surface area contributed by atoms with E-state index in [-0.39, 0.29) is 29.0 Å². The SMILES string of the molecule is CC[C@@H]1C2C[C@H](O)CC[C@]2(C)C2CC[C@@]3(C)C(CC[C@@H]3[C@H](C)CCO[P@@]3(=O)OCC[C@@H](c4ccnc(Cl)c4)O3)C2[C@@H]1O. The summed E-state index contributed by atoms with van der Waals surface area (Å²) >= 11 is 6.06. The highest BCUT2D eigenvalue weighted by molar-refractivity contribution is 7.48. The van der Waals surface area contributed by atoms with E-state index in [2.05, 4.69) is 32.7 Å². The van der Waals surface area contributed by atoms with Crippen LogP contribution in [0, 0.1) is 52.3 Å². The maximum absolute atomic E-state index is 13.4. The standard InChI is InChI=1S/C33H51ClNO6P/c1-5-23-27-19-22(36)8-13-33(27,4)26-9-14-32(3)24(6-7-25(32)30(26)31(23)37)20(2)11-16-39-42(38)40-17-12-28(41-42)21-10-15-35-29(34)18-21/h10,15,18,20,22-28,30-31,36-37H,5-9,11-14,16-17,19H2,1-4H3/t20-,22-,23-,24-,25?,26?,27?,28+,30?,31-,32-,33-,42+/m1/s1. The van der Waals surface area contributed by atoms with Gasteiger partial charge in [0.05, 0.1) is 31.5 Å². The number of aliphatic hydroxyl groups is 2. The monoisotopic (exact) mass is 623 g/mol. The fraction of sp³-hybridized carbons (Fsp3) is 0.848. The summed E-state index contributed by atoms with van der Waals surface area (Å²) in [5.74, 6) is 3.04. The summed E-state index contributed by atoms with van der Waals surface area (Å²) in [7, 11) is -3.66. The third-order valence-electron chi connectivity index (χ3n) is 13.0. The van der Waals surface area contributed by atoms with E-state index in [4.69, 9.17) is 25.2 Å². The number of fused-ring (bicyclic) bond motifs is 5. The first-order valence-electron chi connectivity index (χ1n) is 16.5. The minimum Gasteiger partial charge on any atom is -0.393 e. The number of nitrogens with zero attached hydrogens (tertiary/aromatic N) is 1. The number of halogens is 1. The minimum atomic E-state index is -3.66. The van der Waals surface area contributed by atoms with Gasteiger partial charge in [-0.1, -0.05) is 45.7 Å². The lowest BCUT2D eigenvalue weighted by Gasteiger charge is -2.64. The van der Waals surface area contributed by atoms with Gasteiger partial charge in [-0.25, -0.2) is 9.55 Å². The first-order valence-corrected chi connectivity index (χ1v) is 18.4. The van der Waals surface area contributed by atoms with Crippen LogP contribution in [0.5, 0.6) is 0 Å². The highest BCUT2D eigenvalue weighted by Crippen LogP contribution is 2.69. The Morgan fingerprint density at radius 3 is 2.64 bits per heavy atom. The van der Waals surface area contributed by atoms with Crippen LogP contribution in [0.4, 0.5) is 0 Å². The zero-order valence-corrected chi connectivity index (χ0v) is 27.4. The average molecular weight is 624 g/mol. The second kappa shape index (κ2) is 12.0. The molecule has 6 rings (SSSR count). The van der Waals surface area contributed by atoms with Crippen LogP contribution >= 0.6 is 19.4 Å². The van der Waals surface area contributed by atoms with E-state index < -0.39 is 13.9 Å². The molecule has 7 nitrogen and oxygen atoms in total. The molecule has 1 aromatic heterocycles. The Bertz CT molecular complexity index is 1170. The third-order valence-corrected chi connectivity index (χ3v) is 14.7. The van der Waals surface area contributed by atoms with Crippen molar-refractivity contribution >= 4 is 19.4 Å². The van der Waals surface area contributed by atoms with E-state index in [1.165, 1.54) is 25.7 Å². The molecule has 0 amide bonds. The van der Waals surface area contributed by atoms with Crippen molar-refractivity contribution < 1.29 is 28.3 Å². The van der Waals surface area contributed by atoms with Gasteiger partial charge in [0.2, 0.25) is 0 Å². The molecule has 0 radical (unpaired) electrons. The maximum Gasteiger partial charge on any atom is 0.475 e. The average Bonchev–Trinajstić information content (AvgIpc) is 3.31. The second-order valence-corrected chi connectivity index (χ2v) is 16.8. The van der Waals surface area contributed by atoms with Crippen LogP contribution < -0.4 is 0 Å². The first-order chi connectivity index (χ1) is 20.0. The lowest BCUT2D eigenvalue weighted by Crippen LogP contribution is -2.62. The molecule has 5 aliphatic rings. The predicted molar refractivity (Wildman–Crippen MR) is 163 cm³/mol. The molecule has 9 heteroatoms. The number of phosphoric ester groups is 1. The van der Waals surface area contributed by atoms with Crippen molar-refractivity contribution in [3.8, 4) is 0 Å². The lowest BCUT2D eigenvalue weighted by molar-refractivity contribution is -0.203. The van der Waals surface area contributed by atoms with E-state index in [0.717, 1.165) is 37.7 Å². The summed E-state index contributed by atoms with van der Waals surface area (Å²) in [4.78, 5) is 4.03. The topological polar surface area (TPSA) is 98.1 Å². The number of hydrogen-bond acceptors (Lipinski definition) is 7. The summed E-state index contributed by atoms with van der Waals surface area (Å²) in [6.07, 6.45) is 10.7. The van der Waals surface area contributed by atoms with Crippen molar-refractivity contribution in [1.82, 2.24) is 4.98 Å². The molecule has 2 heterocycles. The molecule has 0 aromatic carbocycles. The third kappa shape index (κ3) is 5.46. The molecular formula is C33H51ClNO6P. The van der Waals surface area contributed by atoms with E-state index >= 15 is 0 Å². The predicted octanol–water partition coefficient (Wildman–Crippen LogP) is 7.99. The molecule has 13 atom stereocenters. The Morgan fingerprint density at radius 1 is 1.12 bits per heavy atom. The van der Waals surface area contributed by atoms with Crippen molar-refractivity contribution in [2.45, 2.75) is 110 Å². The molecule has 236 valence electrons. The number of rotatable bonds is 7. The summed E-state index contributed by atoms with van der Waals surface area (Å²) in [6, 6.07) is 3.56. The van der Waals surface area contributed by atoms with Crippen LogP contribution in [0.15, 0.2) is 18.3 Å². The molecule has 0 bridgehead atoms. The number of aromatic nitrogens is 1. The molecule has 4 aliphatic carbocycles. The zero-order valence-electron chi connectivity index (χ0n) is 25.8. The Kier molecular flexibility index (Phi) is 8.99. The molecule has 1 saturated heterocycles. The molecule has 4 saturated carbocycles. The smallest absolute Gasteiger partial charge is 0.393 e. The van der Waals surface area contributed by atoms with Crippen LogP contribution in [0.3, 0.4) is 0 Å². The maximum atomic E-state index is 13.4. The van der Waals surface area contributed by atoms with E-state index in [1.807, 2.05) is 6.07 Å². The molecule has 42 heavy (non-hydrogen) atoms. The summed E-state index contributed by atoms with van der Waals surface area (Å²) in [5.41, 5.74) is 1.23. The van der Waals surface area contributed by atoms with Crippen LogP contribution in [-0.2, 0) is 18.1 Å². The highest BCUT2D eigenvalue weighted by atomic mass is 35.5. The zero-order chi connectivity index (χ0) is 29.9. The van der Waals surface area contributed by atoms with E-state index in [9.17, 15) is 14.8 Å². The molecular weight excluding hydrogens is 573 g/mol. The Labute approximate surface area is 257 Å². The molecule has 4 unspecified atom stereocenters. The molecule has 5 fully saturated rings. The number of phosphoric acid groups is 1. The Hall–Kier alpha value is -0.530. The van der Waals surface area contributed by atoms with Crippen LogP contribution in [0.2, 0.25) is 5.15 Å². The van der Waals surface area contributed by atoms with Gasteiger partial charge >= 0.3 is 7.82 Å². The van der Waals surface area contributed by atoms with Gasteiger partial charge in [0.25, 0.3) is 0 Å². The first kappa shape index (κ1) is 31.5. The van der Waals surface area contributed by atoms with E-state index in [1.54, 1.807) is 12.3 Å². The van der Waals surface area contributed by atoms with Crippen LogP contribution in [0.25, 0.3) is 0 Å². The van der Waals surface area contributed by atoms with Crippen molar-refractivity contribution in [3.05, 3.63) is 29.0 Å². The Morgan fingerprint density at radius 2 is 1.88 bits per heavy atom. The van der Waals surface area contributed by atoms with Crippen LogP contribution in [0.1, 0.15) is 104 Å². The Balaban J connectivity index is 1.10. The summed E-state index contributed by atoms with van der Waals surface area (Å²) in [5, 5.41) is 22.9. The van der Waals surface area contributed by atoms with Gasteiger partial charge in [0, 0.05) is 12.6 Å². The van der Waals surface area contributed by atoms with Gasteiger partial charge in [0.1, 0.15) is 5.15 Å². The van der Waals surface area contributed by atoms with Crippen molar-refractivity contribution in [3.63, 3.8) is 0 Å². The molecule has 1 aliphatic heterocycles. The van der Waals surface area contributed by atoms with Gasteiger partial charge in [-0.2, -0.15) is 0 Å². The summed E-state index contributed by atoms with van der Waals surface area (Å²) < 4.78 is 30.6. The van der Waals surface area contributed by atoms with Gasteiger partial charge in [-0.15, -0.1) is 0 Å². The summed E-state index contributed by atoms with van der Waals surface area (Å²) in [6.45, 7) is 10.2. The molecule has 0 spiro atoms. The van der Waals surface area contributed by atoms with Crippen molar-refractivity contribution in [2.75, 3.05) is 13.2 Å². The number of hydrogen-bond donors (Lipinski definition) is 2. The van der Waals surface area contributed by atoms with Gasteiger partial charge in [-0.3, -0.25) is 13.6 Å². The van der Waals surface area contributed by atoms with Gasteiger partial charge < -0.3 is 10.2 Å². The van der Waals surface area contributed by atoms with Gasteiger partial charge in [-0.05, 0) is 121 Å². The number of aliphatic hydroxyl groups excluding tert-OH is 2. The van der Waals surface area contributed by atoms with Crippen molar-refractivity contribution in [1.29, 1.82) is 0 Å². The van der Waals surface area contributed by atoms with E-state index in [0.29, 0.717) is 60.3 Å². The normalized spacial score (nSPS) is 47.7. The quantitative estimate of drug-likeness (QED) is 0.235.